The van der Waals surface area contributed by atoms with Gasteiger partial charge in [-0.3, -0.25) is 14.9 Å². The number of aromatic amines is 1. The number of H-pyrrole nitrogens is 1. The number of nitrogens with two attached hydrogens (primary N) is 1. The van der Waals surface area contributed by atoms with Gasteiger partial charge in [0.05, 0.1) is 15.9 Å². The fourth-order valence-corrected chi connectivity index (χ4v) is 3.19. The number of thioether (sulfide) groups is 1. The first-order valence-corrected chi connectivity index (χ1v) is 7.33. The molecule has 0 spiro atoms. The molecule has 1 amide bonds. The summed E-state index contributed by atoms with van der Waals surface area (Å²) in [6, 6.07) is 6.04. The van der Waals surface area contributed by atoms with Crippen LogP contribution in [0.5, 0.6) is 0 Å². The van der Waals surface area contributed by atoms with Crippen LogP contribution in [-0.4, -0.2) is 37.8 Å². The topological polar surface area (TPSA) is 131 Å². The van der Waals surface area contributed by atoms with Crippen molar-refractivity contribution < 1.29 is 9.72 Å². The Morgan fingerprint density at radius 2 is 2.32 bits per heavy atom. The van der Waals surface area contributed by atoms with E-state index >= 15 is 0 Å². The summed E-state index contributed by atoms with van der Waals surface area (Å²) < 4.78 is 0. The minimum absolute atomic E-state index is 0.0388. The second kappa shape index (κ2) is 5.64. The largest absolute Gasteiger partial charge is 0.368 e. The second-order valence-corrected chi connectivity index (χ2v) is 5.84. The van der Waals surface area contributed by atoms with E-state index in [0.717, 1.165) is 0 Å². The molecular weight excluding hydrogens is 308 g/mol. The van der Waals surface area contributed by atoms with Gasteiger partial charge in [-0.2, -0.15) is 4.98 Å². The second-order valence-electron chi connectivity index (χ2n) is 4.67. The third-order valence-electron chi connectivity index (χ3n) is 3.24. The van der Waals surface area contributed by atoms with Crippen molar-refractivity contribution in [1.29, 1.82) is 0 Å². The average molecular weight is 320 g/mol. The van der Waals surface area contributed by atoms with Gasteiger partial charge < -0.3 is 10.6 Å². The molecule has 0 radical (unpaired) electrons. The fourth-order valence-electron chi connectivity index (χ4n) is 2.23. The minimum Gasteiger partial charge on any atom is -0.368 e. The van der Waals surface area contributed by atoms with Crippen LogP contribution in [0.4, 0.5) is 17.3 Å². The molecule has 1 aromatic heterocycles. The van der Waals surface area contributed by atoms with Crippen LogP contribution in [-0.2, 0) is 4.79 Å². The Morgan fingerprint density at radius 3 is 3.00 bits per heavy atom. The zero-order valence-electron chi connectivity index (χ0n) is 11.3. The van der Waals surface area contributed by atoms with Gasteiger partial charge >= 0.3 is 0 Å². The van der Waals surface area contributed by atoms with Gasteiger partial charge in [-0.05, 0) is 12.5 Å². The molecule has 22 heavy (non-hydrogen) atoms. The zero-order valence-corrected chi connectivity index (χ0v) is 12.1. The highest BCUT2D eigenvalue weighted by Crippen LogP contribution is 2.32. The Morgan fingerprint density at radius 1 is 1.50 bits per heavy atom. The number of nitrogens with zero attached hydrogens (tertiary/aromatic N) is 4. The molecule has 114 valence electrons. The van der Waals surface area contributed by atoms with Gasteiger partial charge in [-0.15, -0.1) is 5.10 Å². The quantitative estimate of drug-likeness (QED) is 0.639. The van der Waals surface area contributed by atoms with E-state index < -0.39 is 4.92 Å². The number of nitro benzene ring substituents is 1. The van der Waals surface area contributed by atoms with E-state index in [1.807, 2.05) is 0 Å². The maximum absolute atomic E-state index is 12.4. The number of carbonyl (C=O) groups excluding carboxylic acids is 1. The Kier molecular flexibility index (Phi) is 3.67. The lowest BCUT2D eigenvalue weighted by molar-refractivity contribution is -0.384. The van der Waals surface area contributed by atoms with Gasteiger partial charge in [-0.1, -0.05) is 17.8 Å². The van der Waals surface area contributed by atoms with Crippen LogP contribution >= 0.6 is 11.8 Å². The van der Waals surface area contributed by atoms with E-state index in [1.165, 1.54) is 23.9 Å². The predicted octanol–water partition coefficient (Wildman–Crippen LogP) is 1.19. The van der Waals surface area contributed by atoms with Crippen LogP contribution in [0.2, 0.25) is 0 Å². The third kappa shape index (κ3) is 2.72. The predicted molar refractivity (Wildman–Crippen MR) is 80.5 cm³/mol. The minimum atomic E-state index is -0.479. The Balaban J connectivity index is 1.76. The van der Waals surface area contributed by atoms with E-state index in [2.05, 4.69) is 15.2 Å². The number of nitrogen functional groups attached to an aromatic ring is 1. The SMILES string of the molecule is Nc1nc(S[C@H]2CCN(c3cccc([N+](=O)[O-])c3)C2=O)n[nH]1. The molecule has 0 bridgehead atoms. The standard InChI is InChI=1S/C12H12N6O3S/c13-11-14-12(16-15-11)22-9-4-5-17(10(9)19)7-2-1-3-8(6-7)18(20)21/h1-3,6,9H,4-5H2,(H3,13,14,15,16)/t9-/m0/s1. The number of anilines is 2. The molecule has 1 atom stereocenters. The summed E-state index contributed by atoms with van der Waals surface area (Å²) in [6.07, 6.45) is 0.612. The van der Waals surface area contributed by atoms with E-state index in [9.17, 15) is 14.9 Å². The number of hydrogen-bond acceptors (Lipinski definition) is 7. The first kappa shape index (κ1) is 14.3. The lowest BCUT2D eigenvalue weighted by Crippen LogP contribution is -2.28. The lowest BCUT2D eigenvalue weighted by Gasteiger charge is -2.16. The summed E-state index contributed by atoms with van der Waals surface area (Å²) in [5.74, 6) is 0.0809. The van der Waals surface area contributed by atoms with Crippen LogP contribution in [0.3, 0.4) is 0 Å². The molecular formula is C12H12N6O3S. The number of benzene rings is 1. The number of hydrogen-bond donors (Lipinski definition) is 2. The molecule has 3 rings (SSSR count). The van der Waals surface area contributed by atoms with E-state index in [0.29, 0.717) is 23.8 Å². The summed E-state index contributed by atoms with van der Waals surface area (Å²) in [7, 11) is 0. The first-order valence-electron chi connectivity index (χ1n) is 6.45. The van der Waals surface area contributed by atoms with Crippen molar-refractivity contribution in [2.75, 3.05) is 17.2 Å². The van der Waals surface area contributed by atoms with Crippen molar-refractivity contribution in [2.45, 2.75) is 16.8 Å². The highest BCUT2D eigenvalue weighted by Gasteiger charge is 2.34. The number of carbonyl (C=O) groups is 1. The third-order valence-corrected chi connectivity index (χ3v) is 4.35. The molecule has 1 aliphatic rings. The number of amides is 1. The van der Waals surface area contributed by atoms with Gasteiger partial charge in [0.25, 0.3) is 5.69 Å². The smallest absolute Gasteiger partial charge is 0.271 e. The monoisotopic (exact) mass is 320 g/mol. The van der Waals surface area contributed by atoms with E-state index in [-0.39, 0.29) is 22.8 Å². The highest BCUT2D eigenvalue weighted by molar-refractivity contribution is 8.00. The maximum Gasteiger partial charge on any atom is 0.271 e. The summed E-state index contributed by atoms with van der Waals surface area (Å²) in [5.41, 5.74) is 5.94. The van der Waals surface area contributed by atoms with Gasteiger partial charge in [0.15, 0.2) is 0 Å². The molecule has 0 unspecified atom stereocenters. The van der Waals surface area contributed by atoms with Crippen LogP contribution in [0.15, 0.2) is 29.4 Å². The van der Waals surface area contributed by atoms with Gasteiger partial charge in [-0.25, -0.2) is 5.10 Å². The van der Waals surface area contributed by atoms with Crippen molar-refractivity contribution >= 4 is 35.0 Å². The highest BCUT2D eigenvalue weighted by atomic mass is 32.2. The van der Waals surface area contributed by atoms with Crippen molar-refractivity contribution in [1.82, 2.24) is 15.2 Å². The number of aromatic nitrogens is 3. The summed E-state index contributed by atoms with van der Waals surface area (Å²) in [5, 5.41) is 17.3. The van der Waals surface area contributed by atoms with Crippen LogP contribution in [0.25, 0.3) is 0 Å². The van der Waals surface area contributed by atoms with Crippen molar-refractivity contribution in [3.63, 3.8) is 0 Å². The van der Waals surface area contributed by atoms with Crippen LogP contribution in [0, 0.1) is 10.1 Å². The average Bonchev–Trinajstić information content (AvgIpc) is 3.06. The van der Waals surface area contributed by atoms with Gasteiger partial charge in [0.2, 0.25) is 17.0 Å². The molecule has 1 aromatic carbocycles. The Labute approximate surface area is 129 Å². The molecule has 3 N–H and O–H groups in total. The van der Waals surface area contributed by atoms with Crippen LogP contribution < -0.4 is 10.6 Å². The maximum atomic E-state index is 12.4. The summed E-state index contributed by atoms with van der Waals surface area (Å²) in [4.78, 5) is 28.3. The molecule has 2 aromatic rings. The van der Waals surface area contributed by atoms with Crippen molar-refractivity contribution in [2.24, 2.45) is 0 Å². The number of non-ortho nitro benzene ring substituents is 1. The van der Waals surface area contributed by atoms with Crippen molar-refractivity contribution in [3.8, 4) is 0 Å². The Bertz CT molecular complexity index is 733. The number of nitro groups is 1. The molecule has 1 saturated heterocycles. The molecule has 0 aliphatic carbocycles. The normalized spacial score (nSPS) is 17.9. The van der Waals surface area contributed by atoms with Gasteiger partial charge in [0, 0.05) is 18.7 Å². The molecule has 1 aliphatic heterocycles. The number of nitrogens with one attached hydrogen (secondary N) is 1. The molecule has 1 fully saturated rings. The Hall–Kier alpha value is -2.62. The first-order chi connectivity index (χ1) is 10.5. The molecule has 9 nitrogen and oxygen atoms in total. The zero-order chi connectivity index (χ0) is 15.7. The summed E-state index contributed by atoms with van der Waals surface area (Å²) >= 11 is 1.23. The molecule has 10 heteroatoms. The lowest BCUT2D eigenvalue weighted by atomic mass is 10.2. The number of rotatable bonds is 4. The van der Waals surface area contributed by atoms with Crippen molar-refractivity contribution in [3.05, 3.63) is 34.4 Å². The van der Waals surface area contributed by atoms with Crippen LogP contribution in [0.1, 0.15) is 6.42 Å². The molecule has 0 saturated carbocycles. The summed E-state index contributed by atoms with van der Waals surface area (Å²) in [6.45, 7) is 0.498. The van der Waals surface area contributed by atoms with Gasteiger partial charge in [0.1, 0.15) is 0 Å². The van der Waals surface area contributed by atoms with E-state index in [1.54, 1.807) is 17.0 Å². The van der Waals surface area contributed by atoms with E-state index in [4.69, 9.17) is 5.73 Å². The molecule has 2 heterocycles. The fraction of sp³-hybridized carbons (Fsp3) is 0.250.